The fourth-order valence-corrected chi connectivity index (χ4v) is 6.05. The zero-order valence-electron chi connectivity index (χ0n) is 19.3. The average molecular weight is 496 g/mol. The van der Waals surface area contributed by atoms with Gasteiger partial charge in [-0.25, -0.2) is 4.98 Å². The second-order valence-corrected chi connectivity index (χ2v) is 12.2. The van der Waals surface area contributed by atoms with Gasteiger partial charge >= 0.3 is 0 Å². The van der Waals surface area contributed by atoms with Crippen LogP contribution >= 0.6 is 19.5 Å². The quantitative estimate of drug-likeness (QED) is 0.474. The SMILES string of the molecule is CP(C)c1ccccc1Nc1nc(Nc2ccc(N3CC4(COC4)C3)c3c2COC3)ncc1Cl. The summed E-state index contributed by atoms with van der Waals surface area (Å²) in [5.74, 6) is 1.08. The number of nitrogens with one attached hydrogen (secondary N) is 2. The number of ether oxygens (including phenoxy) is 2. The molecule has 4 heterocycles. The lowest BCUT2D eigenvalue weighted by molar-refractivity contribution is -0.127. The van der Waals surface area contributed by atoms with Gasteiger partial charge in [-0.3, -0.25) is 0 Å². The first kappa shape index (κ1) is 22.1. The van der Waals surface area contributed by atoms with Crippen molar-refractivity contribution in [1.29, 1.82) is 0 Å². The summed E-state index contributed by atoms with van der Waals surface area (Å²) in [6.07, 6.45) is 1.63. The van der Waals surface area contributed by atoms with E-state index in [9.17, 15) is 0 Å². The molecule has 0 atom stereocenters. The Morgan fingerprint density at radius 2 is 1.76 bits per heavy atom. The summed E-state index contributed by atoms with van der Waals surface area (Å²) < 4.78 is 11.3. The number of fused-ring (bicyclic) bond motifs is 1. The minimum absolute atomic E-state index is 0.271. The number of hydrogen-bond donors (Lipinski definition) is 2. The van der Waals surface area contributed by atoms with Crippen molar-refractivity contribution in [3.63, 3.8) is 0 Å². The Labute approximate surface area is 205 Å². The largest absolute Gasteiger partial charge is 0.380 e. The van der Waals surface area contributed by atoms with Crippen LogP contribution in [-0.2, 0) is 22.7 Å². The van der Waals surface area contributed by atoms with Gasteiger partial charge in [-0.05, 0) is 36.8 Å². The van der Waals surface area contributed by atoms with E-state index in [0.29, 0.717) is 35.4 Å². The normalized spacial score (nSPS) is 17.9. The fraction of sp³-hybridized carbons (Fsp3) is 0.360. The lowest BCUT2D eigenvalue weighted by Crippen LogP contribution is -2.66. The van der Waals surface area contributed by atoms with Gasteiger partial charge in [0.15, 0.2) is 5.82 Å². The summed E-state index contributed by atoms with van der Waals surface area (Å²) in [7, 11) is -0.271. The molecule has 176 valence electrons. The Hall–Kier alpha value is -2.44. The van der Waals surface area contributed by atoms with Gasteiger partial charge < -0.3 is 25.0 Å². The van der Waals surface area contributed by atoms with Gasteiger partial charge in [0.05, 0.1) is 38.0 Å². The van der Waals surface area contributed by atoms with Crippen molar-refractivity contribution in [1.82, 2.24) is 9.97 Å². The molecular weight excluding hydrogens is 469 g/mol. The zero-order valence-corrected chi connectivity index (χ0v) is 20.9. The van der Waals surface area contributed by atoms with Gasteiger partial charge in [0.2, 0.25) is 5.95 Å². The Morgan fingerprint density at radius 1 is 0.971 bits per heavy atom. The van der Waals surface area contributed by atoms with E-state index in [-0.39, 0.29) is 7.92 Å². The second-order valence-electron chi connectivity index (χ2n) is 9.48. The number of aromatic nitrogens is 2. The molecule has 1 aromatic heterocycles. The van der Waals surface area contributed by atoms with E-state index >= 15 is 0 Å². The molecular formula is C25H27ClN5O2P. The number of rotatable bonds is 6. The minimum atomic E-state index is -0.271. The summed E-state index contributed by atoms with van der Waals surface area (Å²) in [5.41, 5.74) is 6.05. The van der Waals surface area contributed by atoms with Gasteiger partial charge in [0.1, 0.15) is 5.02 Å². The Bertz CT molecular complexity index is 1240. The maximum Gasteiger partial charge on any atom is 0.229 e. The molecule has 3 aliphatic rings. The summed E-state index contributed by atoms with van der Waals surface area (Å²) in [6.45, 7) is 9.55. The first-order chi connectivity index (χ1) is 16.5. The highest BCUT2D eigenvalue weighted by Gasteiger charge is 2.49. The van der Waals surface area contributed by atoms with Gasteiger partial charge in [-0.1, -0.05) is 37.7 Å². The van der Waals surface area contributed by atoms with E-state index < -0.39 is 0 Å². The monoisotopic (exact) mass is 495 g/mol. The van der Waals surface area contributed by atoms with Crippen molar-refractivity contribution in [2.75, 3.05) is 55.2 Å². The van der Waals surface area contributed by atoms with Crippen LogP contribution in [-0.4, -0.2) is 49.6 Å². The van der Waals surface area contributed by atoms with Crippen LogP contribution < -0.4 is 20.8 Å². The summed E-state index contributed by atoms with van der Waals surface area (Å²) in [6, 6.07) is 12.6. The van der Waals surface area contributed by atoms with Gasteiger partial charge in [-0.2, -0.15) is 4.98 Å². The van der Waals surface area contributed by atoms with Crippen molar-refractivity contribution in [2.24, 2.45) is 5.41 Å². The number of benzene rings is 2. The first-order valence-corrected chi connectivity index (χ1v) is 14.0. The van der Waals surface area contributed by atoms with E-state index in [1.807, 2.05) is 6.07 Å². The maximum absolute atomic E-state index is 6.45. The van der Waals surface area contributed by atoms with Crippen LogP contribution in [0, 0.1) is 5.41 Å². The van der Waals surface area contributed by atoms with Crippen LogP contribution in [0.15, 0.2) is 42.6 Å². The van der Waals surface area contributed by atoms with Crippen molar-refractivity contribution in [2.45, 2.75) is 13.2 Å². The van der Waals surface area contributed by atoms with E-state index in [0.717, 1.165) is 37.7 Å². The molecule has 0 aliphatic carbocycles. The Morgan fingerprint density at radius 3 is 2.53 bits per heavy atom. The molecule has 3 aromatic rings. The molecule has 2 fully saturated rings. The predicted octanol–water partition coefficient (Wildman–Crippen LogP) is 4.85. The van der Waals surface area contributed by atoms with Crippen LogP contribution in [0.3, 0.4) is 0 Å². The highest BCUT2D eigenvalue weighted by Crippen LogP contribution is 2.44. The van der Waals surface area contributed by atoms with E-state index in [4.69, 9.17) is 21.1 Å². The predicted molar refractivity (Wildman–Crippen MR) is 139 cm³/mol. The standard InChI is InChI=1S/C25H27ClN5O2P/c1-34(2)22-6-4-3-5-20(22)28-23-18(26)9-27-24(30-23)29-19-7-8-21(17-11-32-10-16(17)19)31-12-25(13-31)14-33-15-25/h3-9H,10-15H2,1-2H3,(H2,27,28,29,30). The number of hydrogen-bond acceptors (Lipinski definition) is 7. The third kappa shape index (κ3) is 3.91. The third-order valence-electron chi connectivity index (χ3n) is 6.74. The molecule has 0 radical (unpaired) electrons. The smallest absolute Gasteiger partial charge is 0.229 e. The highest BCUT2D eigenvalue weighted by molar-refractivity contribution is 7.64. The van der Waals surface area contributed by atoms with E-state index in [2.05, 4.69) is 69.2 Å². The first-order valence-electron chi connectivity index (χ1n) is 11.4. The summed E-state index contributed by atoms with van der Waals surface area (Å²) >= 11 is 6.45. The highest BCUT2D eigenvalue weighted by atomic mass is 35.5. The molecule has 0 saturated carbocycles. The van der Waals surface area contributed by atoms with Crippen LogP contribution in [0.1, 0.15) is 11.1 Å². The van der Waals surface area contributed by atoms with Crippen molar-refractivity contribution in [3.05, 3.63) is 58.7 Å². The molecule has 0 bridgehead atoms. The maximum atomic E-state index is 6.45. The lowest BCUT2D eigenvalue weighted by atomic mass is 9.77. The number of para-hydroxylation sites is 1. The molecule has 0 unspecified atom stereocenters. The van der Waals surface area contributed by atoms with E-state index in [1.54, 1.807) is 6.20 Å². The number of nitrogens with zero attached hydrogens (tertiary/aromatic N) is 3. The molecule has 34 heavy (non-hydrogen) atoms. The zero-order chi connectivity index (χ0) is 23.3. The molecule has 3 aliphatic heterocycles. The van der Waals surface area contributed by atoms with Crippen LogP contribution in [0.2, 0.25) is 5.02 Å². The summed E-state index contributed by atoms with van der Waals surface area (Å²) in [4.78, 5) is 11.6. The molecule has 9 heteroatoms. The lowest BCUT2D eigenvalue weighted by Gasteiger charge is -2.56. The van der Waals surface area contributed by atoms with Crippen LogP contribution in [0.25, 0.3) is 0 Å². The summed E-state index contributed by atoms with van der Waals surface area (Å²) in [5, 5.41) is 8.56. The molecule has 2 saturated heterocycles. The number of anilines is 5. The van der Waals surface area contributed by atoms with E-state index in [1.165, 1.54) is 22.1 Å². The Balaban J connectivity index is 1.24. The second kappa shape index (κ2) is 8.65. The van der Waals surface area contributed by atoms with Gasteiger partial charge in [-0.15, -0.1) is 0 Å². The average Bonchev–Trinajstić information content (AvgIpc) is 3.26. The van der Waals surface area contributed by atoms with Crippen molar-refractivity contribution < 1.29 is 9.47 Å². The van der Waals surface area contributed by atoms with Gasteiger partial charge in [0, 0.05) is 41.3 Å². The molecule has 6 rings (SSSR count). The van der Waals surface area contributed by atoms with Crippen LogP contribution in [0.4, 0.5) is 28.8 Å². The van der Waals surface area contributed by atoms with Crippen molar-refractivity contribution >= 4 is 53.7 Å². The minimum Gasteiger partial charge on any atom is -0.380 e. The fourth-order valence-electron chi connectivity index (χ4n) is 4.91. The molecule has 0 amide bonds. The molecule has 1 spiro atoms. The third-order valence-corrected chi connectivity index (χ3v) is 8.37. The molecule has 2 N–H and O–H groups in total. The molecule has 2 aromatic carbocycles. The Kier molecular flexibility index (Phi) is 5.61. The van der Waals surface area contributed by atoms with Crippen LogP contribution in [0.5, 0.6) is 0 Å². The topological polar surface area (TPSA) is 71.5 Å². The number of halogens is 1. The molecule has 7 nitrogen and oxygen atoms in total. The van der Waals surface area contributed by atoms with Crippen molar-refractivity contribution in [3.8, 4) is 0 Å². The van der Waals surface area contributed by atoms with Gasteiger partial charge in [0.25, 0.3) is 0 Å².